The Kier molecular flexibility index (Phi) is 5.74. The number of fused-ring (bicyclic) bond motifs is 1. The molecule has 1 atom stereocenters. The molecule has 26 heavy (non-hydrogen) atoms. The summed E-state index contributed by atoms with van der Waals surface area (Å²) in [7, 11) is 1.56. The van der Waals surface area contributed by atoms with E-state index in [-0.39, 0.29) is 11.2 Å². The molecule has 3 rings (SSSR count). The molecule has 0 aliphatic carbocycles. The summed E-state index contributed by atoms with van der Waals surface area (Å²) in [6.07, 6.45) is 0. The van der Waals surface area contributed by atoms with Gasteiger partial charge in [-0.05, 0) is 44.2 Å². The number of anilines is 1. The zero-order chi connectivity index (χ0) is 18.7. The monoisotopic (exact) mass is 389 g/mol. The van der Waals surface area contributed by atoms with E-state index in [4.69, 9.17) is 16.3 Å². The van der Waals surface area contributed by atoms with Crippen molar-refractivity contribution in [2.45, 2.75) is 30.8 Å². The first-order valence-corrected chi connectivity index (χ1v) is 9.55. The molecule has 0 aliphatic heterocycles. The lowest BCUT2D eigenvalue weighted by Gasteiger charge is -2.14. The Labute approximate surface area is 161 Å². The normalized spacial score (nSPS) is 12.2. The molecule has 3 aromatic rings. The number of aromatic nitrogens is 2. The fourth-order valence-electron chi connectivity index (χ4n) is 2.67. The van der Waals surface area contributed by atoms with Crippen molar-refractivity contribution >= 4 is 46.0 Å². The van der Waals surface area contributed by atoms with E-state index in [0.717, 1.165) is 22.7 Å². The smallest absolute Gasteiger partial charge is 0.237 e. The Hall–Kier alpha value is -2.18. The first-order valence-electron chi connectivity index (χ1n) is 8.29. The van der Waals surface area contributed by atoms with Crippen molar-refractivity contribution in [1.82, 2.24) is 9.55 Å². The second-order valence-electron chi connectivity index (χ2n) is 5.72. The second-order valence-corrected chi connectivity index (χ2v) is 7.47. The molecule has 0 bridgehead atoms. The summed E-state index contributed by atoms with van der Waals surface area (Å²) in [6.45, 7) is 4.72. The van der Waals surface area contributed by atoms with Gasteiger partial charge in [0, 0.05) is 11.6 Å². The molecular weight excluding hydrogens is 370 g/mol. The van der Waals surface area contributed by atoms with E-state index in [0.29, 0.717) is 16.5 Å². The van der Waals surface area contributed by atoms with Crippen molar-refractivity contribution < 1.29 is 9.53 Å². The number of hydrogen-bond donors (Lipinski definition) is 1. The van der Waals surface area contributed by atoms with Crippen LogP contribution >= 0.6 is 23.4 Å². The highest BCUT2D eigenvalue weighted by atomic mass is 35.5. The minimum atomic E-state index is -0.333. The van der Waals surface area contributed by atoms with Gasteiger partial charge in [0.15, 0.2) is 5.16 Å². The maximum atomic E-state index is 12.6. The fraction of sp³-hybridized carbons (Fsp3) is 0.263. The predicted molar refractivity (Wildman–Crippen MR) is 107 cm³/mol. The number of amides is 1. The van der Waals surface area contributed by atoms with Gasteiger partial charge in [-0.2, -0.15) is 0 Å². The van der Waals surface area contributed by atoms with Gasteiger partial charge in [-0.15, -0.1) is 0 Å². The fourth-order valence-corrected chi connectivity index (χ4v) is 3.83. The van der Waals surface area contributed by atoms with Crippen molar-refractivity contribution in [3.63, 3.8) is 0 Å². The zero-order valence-corrected chi connectivity index (χ0v) is 16.4. The number of benzene rings is 2. The first kappa shape index (κ1) is 18.6. The van der Waals surface area contributed by atoms with Crippen LogP contribution in [0, 0.1) is 0 Å². The molecule has 0 fully saturated rings. The molecule has 0 spiro atoms. The quantitative estimate of drug-likeness (QED) is 0.613. The van der Waals surface area contributed by atoms with Crippen LogP contribution in [0.1, 0.15) is 13.8 Å². The highest BCUT2D eigenvalue weighted by Gasteiger charge is 2.20. The Morgan fingerprint density at radius 1 is 1.35 bits per heavy atom. The summed E-state index contributed by atoms with van der Waals surface area (Å²) in [6, 6.07) is 13.1. The number of hydrogen-bond acceptors (Lipinski definition) is 4. The summed E-state index contributed by atoms with van der Waals surface area (Å²) in [5.41, 5.74) is 2.56. The van der Waals surface area contributed by atoms with Crippen LogP contribution in [0.2, 0.25) is 5.02 Å². The molecule has 0 saturated heterocycles. The number of nitrogens with one attached hydrogen (secondary N) is 1. The van der Waals surface area contributed by atoms with Crippen LogP contribution in [-0.4, -0.2) is 27.8 Å². The second kappa shape index (κ2) is 8.01. The molecule has 1 amide bonds. The lowest BCUT2D eigenvalue weighted by molar-refractivity contribution is -0.115. The number of halogens is 1. The molecule has 0 aliphatic rings. The summed E-state index contributed by atoms with van der Waals surface area (Å²) in [5, 5.41) is 3.92. The average molecular weight is 390 g/mol. The Morgan fingerprint density at radius 2 is 2.12 bits per heavy atom. The van der Waals surface area contributed by atoms with E-state index in [9.17, 15) is 4.79 Å². The third-order valence-corrected chi connectivity index (χ3v) is 5.33. The Bertz CT molecular complexity index is 942. The van der Waals surface area contributed by atoms with E-state index in [1.807, 2.05) is 31.2 Å². The molecular formula is C19H20ClN3O2S. The summed E-state index contributed by atoms with van der Waals surface area (Å²) >= 11 is 7.46. The van der Waals surface area contributed by atoms with Crippen molar-refractivity contribution in [2.24, 2.45) is 0 Å². The molecule has 0 saturated carbocycles. The molecule has 2 aromatic carbocycles. The molecule has 0 radical (unpaired) electrons. The van der Waals surface area contributed by atoms with Crippen molar-refractivity contribution in [3.05, 3.63) is 47.5 Å². The van der Waals surface area contributed by atoms with Gasteiger partial charge in [-0.3, -0.25) is 4.79 Å². The number of ether oxygens (including phenoxy) is 1. The van der Waals surface area contributed by atoms with Crippen LogP contribution in [0.3, 0.4) is 0 Å². The van der Waals surface area contributed by atoms with Crippen LogP contribution < -0.4 is 10.1 Å². The van der Waals surface area contributed by atoms with Crippen LogP contribution in [-0.2, 0) is 11.3 Å². The SMILES string of the molecule is CCn1c(S[C@@H](C)C(=O)Nc2cc(Cl)ccc2OC)nc2ccccc21. The predicted octanol–water partition coefficient (Wildman–Crippen LogP) is 4.84. The zero-order valence-electron chi connectivity index (χ0n) is 14.8. The highest BCUT2D eigenvalue weighted by molar-refractivity contribution is 8.00. The summed E-state index contributed by atoms with van der Waals surface area (Å²) in [5.74, 6) is 0.436. The number of thioether (sulfide) groups is 1. The van der Waals surface area contributed by atoms with Gasteiger partial charge in [0.2, 0.25) is 5.91 Å². The number of para-hydroxylation sites is 2. The molecule has 5 nitrogen and oxygen atoms in total. The van der Waals surface area contributed by atoms with E-state index < -0.39 is 0 Å². The third kappa shape index (κ3) is 3.81. The van der Waals surface area contributed by atoms with Gasteiger partial charge >= 0.3 is 0 Å². The lowest BCUT2D eigenvalue weighted by atomic mass is 10.3. The minimum Gasteiger partial charge on any atom is -0.495 e. The summed E-state index contributed by atoms with van der Waals surface area (Å²) in [4.78, 5) is 17.3. The molecule has 7 heteroatoms. The first-order chi connectivity index (χ1) is 12.5. The molecule has 136 valence electrons. The number of nitrogens with zero attached hydrogens (tertiary/aromatic N) is 2. The minimum absolute atomic E-state index is 0.134. The maximum Gasteiger partial charge on any atom is 0.237 e. The van der Waals surface area contributed by atoms with E-state index in [1.54, 1.807) is 25.3 Å². The number of rotatable bonds is 6. The number of aryl methyl sites for hydroxylation is 1. The molecule has 1 heterocycles. The molecule has 1 aromatic heterocycles. The van der Waals surface area contributed by atoms with Crippen LogP contribution in [0.25, 0.3) is 11.0 Å². The van der Waals surface area contributed by atoms with Gasteiger partial charge in [0.1, 0.15) is 5.75 Å². The van der Waals surface area contributed by atoms with Crippen LogP contribution in [0.4, 0.5) is 5.69 Å². The van der Waals surface area contributed by atoms with E-state index >= 15 is 0 Å². The third-order valence-electron chi connectivity index (χ3n) is 4.01. The Morgan fingerprint density at radius 3 is 2.85 bits per heavy atom. The number of imidazole rings is 1. The van der Waals surface area contributed by atoms with Crippen LogP contribution in [0.15, 0.2) is 47.6 Å². The van der Waals surface area contributed by atoms with Gasteiger partial charge in [0.25, 0.3) is 0 Å². The van der Waals surface area contributed by atoms with Gasteiger partial charge in [-0.1, -0.05) is 35.5 Å². The largest absolute Gasteiger partial charge is 0.495 e. The Balaban J connectivity index is 1.79. The van der Waals surface area contributed by atoms with Crippen molar-refractivity contribution in [3.8, 4) is 5.75 Å². The van der Waals surface area contributed by atoms with Gasteiger partial charge in [0.05, 0.1) is 29.1 Å². The average Bonchev–Trinajstić information content (AvgIpc) is 2.98. The number of methoxy groups -OCH3 is 1. The maximum absolute atomic E-state index is 12.6. The van der Waals surface area contributed by atoms with Crippen molar-refractivity contribution in [1.29, 1.82) is 0 Å². The standard InChI is InChI=1S/C19H20ClN3O2S/c1-4-23-16-8-6-5-7-14(16)22-19(23)26-12(2)18(24)21-15-11-13(20)9-10-17(15)25-3/h5-12H,4H2,1-3H3,(H,21,24)/t12-/m0/s1. The molecule has 1 N–H and O–H groups in total. The highest BCUT2D eigenvalue weighted by Crippen LogP contribution is 2.30. The van der Waals surface area contributed by atoms with Gasteiger partial charge in [-0.25, -0.2) is 4.98 Å². The topological polar surface area (TPSA) is 56.2 Å². The number of carbonyl (C=O) groups is 1. The van der Waals surface area contributed by atoms with Crippen LogP contribution in [0.5, 0.6) is 5.75 Å². The lowest BCUT2D eigenvalue weighted by Crippen LogP contribution is -2.23. The van der Waals surface area contributed by atoms with Gasteiger partial charge < -0.3 is 14.6 Å². The number of carbonyl (C=O) groups excluding carboxylic acids is 1. The van der Waals surface area contributed by atoms with Crippen molar-refractivity contribution in [2.75, 3.05) is 12.4 Å². The van der Waals surface area contributed by atoms with E-state index in [2.05, 4.69) is 21.8 Å². The summed E-state index contributed by atoms with van der Waals surface area (Å²) < 4.78 is 7.39. The van der Waals surface area contributed by atoms with E-state index in [1.165, 1.54) is 11.8 Å². The molecule has 0 unspecified atom stereocenters.